The molecule has 0 aliphatic carbocycles. The number of carbonyl (C=O) groups excluding carboxylic acids is 1. The Hall–Kier alpha value is -0.740. The van der Waals surface area contributed by atoms with Crippen LogP contribution in [0.4, 0.5) is 14.6 Å². The number of alkyl halides is 2. The molecule has 0 N–H and O–H groups in total. The number of thiazole rings is 1. The Morgan fingerprint density at radius 1 is 1.38 bits per heavy atom. The van der Waals surface area contributed by atoms with E-state index < -0.39 is 18.2 Å². The fourth-order valence-corrected chi connectivity index (χ4v) is 5.10. The molecule has 2 heterocycles. The Labute approximate surface area is 142 Å². The smallest absolute Gasteiger partial charge is 0.256 e. The Bertz CT molecular complexity index is 680. The van der Waals surface area contributed by atoms with Crippen LogP contribution in [0.25, 0.3) is 0 Å². The number of aromatic nitrogens is 1. The minimum atomic E-state index is -2.48. The number of carbonyl (C=O) groups is 1. The average Bonchev–Trinajstić information content (AvgIpc) is 2.92. The van der Waals surface area contributed by atoms with E-state index in [9.17, 15) is 13.6 Å². The van der Waals surface area contributed by atoms with E-state index in [4.69, 9.17) is 0 Å². The van der Waals surface area contributed by atoms with Gasteiger partial charge in [0.1, 0.15) is 10.1 Å². The highest BCUT2D eigenvalue weighted by Gasteiger charge is 2.37. The van der Waals surface area contributed by atoms with E-state index in [2.05, 4.69) is 27.6 Å². The summed E-state index contributed by atoms with van der Waals surface area (Å²) in [6.07, 6.45) is -2.48. The lowest BCUT2D eigenvalue weighted by molar-refractivity contribution is 0.0990. The monoisotopic (exact) mass is 438 g/mol. The van der Waals surface area contributed by atoms with E-state index >= 15 is 0 Å². The van der Waals surface area contributed by atoms with Gasteiger partial charge in [-0.1, -0.05) is 18.2 Å². The van der Waals surface area contributed by atoms with Gasteiger partial charge in [0.25, 0.3) is 6.43 Å². The molecule has 0 spiro atoms. The van der Waals surface area contributed by atoms with Gasteiger partial charge in [0, 0.05) is 3.57 Å². The Kier molecular flexibility index (Phi) is 4.46. The molecule has 0 saturated heterocycles. The zero-order valence-corrected chi connectivity index (χ0v) is 14.3. The van der Waals surface area contributed by atoms with Crippen molar-refractivity contribution < 1.29 is 13.6 Å². The quantitative estimate of drug-likeness (QED) is 0.526. The number of ketones is 1. The minimum Gasteiger partial charge on any atom is -0.293 e. The predicted octanol–water partition coefficient (Wildman–Crippen LogP) is 4.41. The van der Waals surface area contributed by atoms with Gasteiger partial charge in [-0.05, 0) is 46.2 Å². The summed E-state index contributed by atoms with van der Waals surface area (Å²) in [5, 5.41) is -0.496. The van der Waals surface area contributed by atoms with Crippen LogP contribution in [0.3, 0.4) is 0 Å². The lowest BCUT2D eigenvalue weighted by Crippen LogP contribution is -2.31. The summed E-state index contributed by atoms with van der Waals surface area (Å²) in [6.45, 7) is -0.436. The third kappa shape index (κ3) is 2.93. The highest BCUT2D eigenvalue weighted by molar-refractivity contribution is 14.1. The Morgan fingerprint density at radius 3 is 2.86 bits per heavy atom. The molecule has 0 amide bonds. The summed E-state index contributed by atoms with van der Waals surface area (Å²) in [5.74, 6) is 0.296. The number of anilines is 1. The maximum absolute atomic E-state index is 12.8. The molecule has 8 heteroatoms. The molecule has 0 saturated carbocycles. The number of halogens is 3. The highest BCUT2D eigenvalue weighted by atomic mass is 127. The number of Topliss-reactive ketones (excluding diaryl/α,β-unsaturated/α-hetero) is 1. The first kappa shape index (κ1) is 15.2. The van der Waals surface area contributed by atoms with Gasteiger partial charge in [-0.15, -0.1) is 11.3 Å². The highest BCUT2D eigenvalue weighted by Crippen LogP contribution is 2.46. The Morgan fingerprint density at radius 2 is 2.14 bits per heavy atom. The van der Waals surface area contributed by atoms with Crippen molar-refractivity contribution in [2.45, 2.75) is 11.7 Å². The molecule has 1 aromatic heterocycles. The van der Waals surface area contributed by atoms with Gasteiger partial charge in [0.05, 0.1) is 12.1 Å². The van der Waals surface area contributed by atoms with Crippen molar-refractivity contribution in [2.75, 3.05) is 10.8 Å². The standard InChI is InChI=1S/C13H9F2IN2OS2/c14-9(15)5-18-13-12(20-6-17-13)10(19)11(21-18)7-3-1-2-4-8(7)16/h1-4,6,9,11H,5H2. The van der Waals surface area contributed by atoms with E-state index in [1.807, 2.05) is 24.3 Å². The molecule has 0 radical (unpaired) electrons. The van der Waals surface area contributed by atoms with Crippen molar-refractivity contribution in [2.24, 2.45) is 0 Å². The van der Waals surface area contributed by atoms with Crippen LogP contribution in [0.1, 0.15) is 20.5 Å². The van der Waals surface area contributed by atoms with Gasteiger partial charge < -0.3 is 0 Å². The normalized spacial score (nSPS) is 18.2. The van der Waals surface area contributed by atoms with Crippen LogP contribution < -0.4 is 4.31 Å². The summed E-state index contributed by atoms with van der Waals surface area (Å²) < 4.78 is 27.9. The molecule has 1 atom stereocenters. The lowest BCUT2D eigenvalue weighted by atomic mass is 10.1. The molecule has 3 rings (SSSR count). The molecular weight excluding hydrogens is 429 g/mol. The molecule has 1 aliphatic rings. The first-order chi connectivity index (χ1) is 10.1. The first-order valence-corrected chi connectivity index (χ1v) is 8.82. The van der Waals surface area contributed by atoms with E-state index in [1.165, 1.54) is 21.2 Å². The van der Waals surface area contributed by atoms with Crippen LogP contribution in [0, 0.1) is 3.57 Å². The maximum atomic E-state index is 12.8. The van der Waals surface area contributed by atoms with Crippen molar-refractivity contribution in [3.05, 3.63) is 43.8 Å². The molecular formula is C13H9F2IN2OS2. The zero-order valence-electron chi connectivity index (χ0n) is 10.5. The van der Waals surface area contributed by atoms with Crippen LogP contribution in [0.5, 0.6) is 0 Å². The van der Waals surface area contributed by atoms with Crippen molar-refractivity contribution in [1.82, 2.24) is 4.98 Å². The van der Waals surface area contributed by atoms with Crippen molar-refractivity contribution in [3.63, 3.8) is 0 Å². The molecule has 21 heavy (non-hydrogen) atoms. The topological polar surface area (TPSA) is 33.2 Å². The largest absolute Gasteiger partial charge is 0.293 e. The second-order valence-corrected chi connectivity index (χ2v) is 7.47. The van der Waals surface area contributed by atoms with Crippen LogP contribution in [0.2, 0.25) is 0 Å². The van der Waals surface area contributed by atoms with Gasteiger partial charge in [-0.25, -0.2) is 13.8 Å². The molecule has 0 fully saturated rings. The van der Waals surface area contributed by atoms with Crippen LogP contribution in [-0.2, 0) is 0 Å². The lowest BCUT2D eigenvalue weighted by Gasteiger charge is -2.31. The number of benzene rings is 1. The van der Waals surface area contributed by atoms with Crippen LogP contribution >= 0.6 is 45.9 Å². The fourth-order valence-electron chi connectivity index (χ4n) is 2.07. The zero-order chi connectivity index (χ0) is 15.0. The second kappa shape index (κ2) is 6.17. The number of rotatable bonds is 3. The molecule has 2 aromatic rings. The summed E-state index contributed by atoms with van der Waals surface area (Å²) >= 11 is 4.49. The summed E-state index contributed by atoms with van der Waals surface area (Å²) in [5.41, 5.74) is 2.38. The van der Waals surface area contributed by atoms with Crippen molar-refractivity contribution >= 4 is 57.5 Å². The summed E-state index contributed by atoms with van der Waals surface area (Å²) in [6, 6.07) is 7.51. The molecule has 110 valence electrons. The number of hydrogen-bond donors (Lipinski definition) is 0. The van der Waals surface area contributed by atoms with Gasteiger partial charge in [0.2, 0.25) is 0 Å². The van der Waals surface area contributed by atoms with E-state index in [0.717, 1.165) is 21.1 Å². The second-order valence-electron chi connectivity index (χ2n) is 4.33. The number of nitrogens with zero attached hydrogens (tertiary/aromatic N) is 2. The SMILES string of the molecule is O=C1c2scnc2N(CC(F)F)SC1c1ccccc1I. The van der Waals surface area contributed by atoms with Crippen LogP contribution in [0.15, 0.2) is 29.8 Å². The maximum Gasteiger partial charge on any atom is 0.256 e. The Balaban J connectivity index is 2.01. The minimum absolute atomic E-state index is 0.0628. The van der Waals surface area contributed by atoms with Crippen LogP contribution in [-0.4, -0.2) is 23.7 Å². The molecule has 1 unspecified atom stereocenters. The predicted molar refractivity (Wildman–Crippen MR) is 89.3 cm³/mol. The first-order valence-electron chi connectivity index (χ1n) is 6.02. The third-order valence-electron chi connectivity index (χ3n) is 2.97. The van der Waals surface area contributed by atoms with Gasteiger partial charge in [-0.3, -0.25) is 9.10 Å². The number of fused-ring (bicyclic) bond motifs is 1. The van der Waals surface area contributed by atoms with Crippen molar-refractivity contribution in [1.29, 1.82) is 0 Å². The molecule has 1 aliphatic heterocycles. The molecule has 3 nitrogen and oxygen atoms in total. The average molecular weight is 438 g/mol. The molecule has 1 aromatic carbocycles. The van der Waals surface area contributed by atoms with E-state index in [-0.39, 0.29) is 5.78 Å². The van der Waals surface area contributed by atoms with Gasteiger partial charge >= 0.3 is 0 Å². The summed E-state index contributed by atoms with van der Waals surface area (Å²) in [4.78, 5) is 17.1. The number of hydrogen-bond acceptors (Lipinski definition) is 5. The van der Waals surface area contributed by atoms with Crippen molar-refractivity contribution in [3.8, 4) is 0 Å². The van der Waals surface area contributed by atoms with E-state index in [1.54, 1.807) is 0 Å². The molecule has 0 bridgehead atoms. The van der Waals surface area contributed by atoms with E-state index in [0.29, 0.717) is 10.7 Å². The fraction of sp³-hybridized carbons (Fsp3) is 0.231. The van der Waals surface area contributed by atoms with Gasteiger partial charge in [-0.2, -0.15) is 0 Å². The van der Waals surface area contributed by atoms with Gasteiger partial charge in [0.15, 0.2) is 11.6 Å². The third-order valence-corrected chi connectivity index (χ3v) is 6.04. The summed E-state index contributed by atoms with van der Waals surface area (Å²) in [7, 11) is 0.